The van der Waals surface area contributed by atoms with Gasteiger partial charge in [-0.2, -0.15) is 13.2 Å². The SMILES string of the molecule is O=C1Nc2cccc3c2C1(CCCCN1CCN(c2cccc(C(F)(F)F)n2)CC1)CCC3. The highest BCUT2D eigenvalue weighted by atomic mass is 19.4. The summed E-state index contributed by atoms with van der Waals surface area (Å²) >= 11 is 0. The summed E-state index contributed by atoms with van der Waals surface area (Å²) in [5.41, 5.74) is 2.35. The molecule has 1 N–H and O–H groups in total. The molecule has 176 valence electrons. The summed E-state index contributed by atoms with van der Waals surface area (Å²) in [6, 6.07) is 10.3. The molecule has 1 saturated heterocycles. The van der Waals surface area contributed by atoms with Crippen molar-refractivity contribution in [1.29, 1.82) is 0 Å². The normalized spacial score (nSPS) is 22.9. The molecule has 33 heavy (non-hydrogen) atoms. The van der Waals surface area contributed by atoms with E-state index in [1.165, 1.54) is 17.2 Å². The minimum absolute atomic E-state index is 0.159. The van der Waals surface area contributed by atoms with Gasteiger partial charge in [-0.1, -0.05) is 24.6 Å². The van der Waals surface area contributed by atoms with Crippen LogP contribution in [0.15, 0.2) is 36.4 Å². The van der Waals surface area contributed by atoms with E-state index < -0.39 is 11.9 Å². The molecule has 8 heteroatoms. The number of anilines is 2. The molecule has 0 spiro atoms. The summed E-state index contributed by atoms with van der Waals surface area (Å²) in [6.45, 7) is 3.87. The lowest BCUT2D eigenvalue weighted by molar-refractivity contribution is -0.141. The number of carbonyl (C=O) groups is 1. The zero-order valence-corrected chi connectivity index (χ0v) is 18.6. The van der Waals surface area contributed by atoms with Crippen LogP contribution < -0.4 is 10.2 Å². The molecule has 1 aromatic carbocycles. The second-order valence-electron chi connectivity index (χ2n) is 9.39. The van der Waals surface area contributed by atoms with Crippen molar-refractivity contribution in [2.45, 2.75) is 50.1 Å². The van der Waals surface area contributed by atoms with Gasteiger partial charge in [-0.15, -0.1) is 0 Å². The maximum Gasteiger partial charge on any atom is 0.433 e. The first-order chi connectivity index (χ1) is 15.9. The number of benzene rings is 1. The van der Waals surface area contributed by atoms with Gasteiger partial charge in [0.15, 0.2) is 0 Å². The van der Waals surface area contributed by atoms with E-state index >= 15 is 0 Å². The molecule has 0 bridgehead atoms. The van der Waals surface area contributed by atoms with Crippen LogP contribution in [0.25, 0.3) is 0 Å². The van der Waals surface area contributed by atoms with Gasteiger partial charge in [0.1, 0.15) is 11.5 Å². The molecule has 1 aliphatic carbocycles. The second-order valence-corrected chi connectivity index (χ2v) is 9.39. The van der Waals surface area contributed by atoms with Gasteiger partial charge in [0, 0.05) is 31.9 Å². The number of aryl methyl sites for hydroxylation is 1. The third-order valence-corrected chi connectivity index (χ3v) is 7.41. The molecule has 1 amide bonds. The van der Waals surface area contributed by atoms with Crippen LogP contribution in [0.1, 0.15) is 48.9 Å². The molecule has 5 rings (SSSR count). The van der Waals surface area contributed by atoms with Crippen LogP contribution in [0.2, 0.25) is 0 Å². The smallest absolute Gasteiger partial charge is 0.354 e. The Hall–Kier alpha value is -2.61. The number of alkyl halides is 3. The largest absolute Gasteiger partial charge is 0.433 e. The van der Waals surface area contributed by atoms with Crippen molar-refractivity contribution in [3.8, 4) is 0 Å². The second kappa shape index (κ2) is 8.63. The molecule has 2 aliphatic heterocycles. The highest BCUT2D eigenvalue weighted by Gasteiger charge is 2.48. The molecule has 1 aromatic heterocycles. The summed E-state index contributed by atoms with van der Waals surface area (Å²) in [6.07, 6.45) is 1.46. The third kappa shape index (κ3) is 4.21. The number of piperazine rings is 1. The van der Waals surface area contributed by atoms with Crippen LogP contribution in [0, 0.1) is 0 Å². The number of unbranched alkanes of at least 4 members (excludes halogenated alkanes) is 1. The fourth-order valence-corrected chi connectivity index (χ4v) is 5.74. The lowest BCUT2D eigenvalue weighted by Gasteiger charge is -2.36. The lowest BCUT2D eigenvalue weighted by Crippen LogP contribution is -2.47. The molecule has 5 nitrogen and oxygen atoms in total. The molecule has 3 aliphatic rings. The number of rotatable bonds is 6. The summed E-state index contributed by atoms with van der Waals surface area (Å²) < 4.78 is 38.9. The molecule has 1 fully saturated rings. The Morgan fingerprint density at radius 3 is 2.61 bits per heavy atom. The molecule has 1 unspecified atom stereocenters. The minimum atomic E-state index is -4.42. The molecule has 3 heterocycles. The average Bonchev–Trinajstić information content (AvgIpc) is 3.10. The zero-order chi connectivity index (χ0) is 23.1. The zero-order valence-electron chi connectivity index (χ0n) is 18.6. The Kier molecular flexibility index (Phi) is 5.80. The molecular formula is C25H29F3N4O. The van der Waals surface area contributed by atoms with Gasteiger partial charge < -0.3 is 10.2 Å². The number of nitrogens with one attached hydrogen (secondary N) is 1. The summed E-state index contributed by atoms with van der Waals surface area (Å²) in [5, 5.41) is 3.11. The predicted octanol–water partition coefficient (Wildman–Crippen LogP) is 4.62. The number of pyridine rings is 1. The van der Waals surface area contributed by atoms with E-state index in [2.05, 4.69) is 21.3 Å². The first-order valence-electron chi connectivity index (χ1n) is 11.8. The van der Waals surface area contributed by atoms with E-state index in [0.717, 1.165) is 69.9 Å². The van der Waals surface area contributed by atoms with Gasteiger partial charge in [-0.05, 0) is 68.0 Å². The highest BCUT2D eigenvalue weighted by molar-refractivity contribution is 6.07. The van der Waals surface area contributed by atoms with Crippen LogP contribution in [-0.4, -0.2) is 48.5 Å². The maximum atomic E-state index is 13.0. The van der Waals surface area contributed by atoms with Crippen LogP contribution in [0.3, 0.4) is 0 Å². The van der Waals surface area contributed by atoms with E-state index in [4.69, 9.17) is 0 Å². The first kappa shape index (κ1) is 22.2. The molecular weight excluding hydrogens is 429 g/mol. The highest BCUT2D eigenvalue weighted by Crippen LogP contribution is 2.49. The fraction of sp³-hybridized carbons (Fsp3) is 0.520. The van der Waals surface area contributed by atoms with E-state index in [0.29, 0.717) is 18.9 Å². The number of aromatic nitrogens is 1. The Morgan fingerprint density at radius 2 is 1.82 bits per heavy atom. The molecule has 1 atom stereocenters. The summed E-state index contributed by atoms with van der Waals surface area (Å²) in [7, 11) is 0. The van der Waals surface area contributed by atoms with Crippen molar-refractivity contribution in [2.75, 3.05) is 42.9 Å². The number of hydrogen-bond acceptors (Lipinski definition) is 4. The van der Waals surface area contributed by atoms with Crippen molar-refractivity contribution in [3.63, 3.8) is 0 Å². The van der Waals surface area contributed by atoms with Gasteiger partial charge in [0.05, 0.1) is 5.41 Å². The minimum Gasteiger partial charge on any atom is -0.354 e. The van der Waals surface area contributed by atoms with Crippen LogP contribution in [-0.2, 0) is 22.8 Å². The standard InChI is InChI=1S/C25H29F3N4O/c26-25(27,28)20-9-4-10-21(30-20)32-16-14-31(15-17-32)13-2-1-11-24-12-5-7-18-6-3-8-19(22(18)24)29-23(24)33/h3-4,6,8-10H,1-2,5,7,11-17H2,(H,29,33). The third-order valence-electron chi connectivity index (χ3n) is 7.41. The van der Waals surface area contributed by atoms with Crippen LogP contribution in [0.5, 0.6) is 0 Å². The Morgan fingerprint density at radius 1 is 1.03 bits per heavy atom. The predicted molar refractivity (Wildman–Crippen MR) is 121 cm³/mol. The van der Waals surface area contributed by atoms with Gasteiger partial charge >= 0.3 is 6.18 Å². The van der Waals surface area contributed by atoms with Gasteiger partial charge in [-0.3, -0.25) is 9.69 Å². The number of amides is 1. The Labute approximate surface area is 192 Å². The Bertz CT molecular complexity index is 1030. The van der Waals surface area contributed by atoms with Crippen molar-refractivity contribution in [2.24, 2.45) is 0 Å². The van der Waals surface area contributed by atoms with Crippen molar-refractivity contribution in [3.05, 3.63) is 53.2 Å². The van der Waals surface area contributed by atoms with E-state index in [1.807, 2.05) is 17.0 Å². The first-order valence-corrected chi connectivity index (χ1v) is 11.8. The fourth-order valence-electron chi connectivity index (χ4n) is 5.74. The lowest BCUT2D eigenvalue weighted by atomic mass is 9.68. The van der Waals surface area contributed by atoms with Gasteiger partial charge in [0.2, 0.25) is 5.91 Å². The summed E-state index contributed by atoms with van der Waals surface area (Å²) in [4.78, 5) is 21.0. The topological polar surface area (TPSA) is 48.5 Å². The van der Waals surface area contributed by atoms with E-state index in [-0.39, 0.29) is 11.3 Å². The van der Waals surface area contributed by atoms with E-state index in [9.17, 15) is 18.0 Å². The molecule has 0 radical (unpaired) electrons. The van der Waals surface area contributed by atoms with Gasteiger partial charge in [-0.25, -0.2) is 4.98 Å². The quantitative estimate of drug-likeness (QED) is 0.642. The number of halogens is 3. The number of hydrogen-bond donors (Lipinski definition) is 1. The van der Waals surface area contributed by atoms with Crippen molar-refractivity contribution in [1.82, 2.24) is 9.88 Å². The molecule has 2 aromatic rings. The van der Waals surface area contributed by atoms with Crippen LogP contribution in [0.4, 0.5) is 24.7 Å². The average molecular weight is 459 g/mol. The number of nitrogens with zero attached hydrogens (tertiary/aromatic N) is 3. The Balaban J connectivity index is 1.13. The van der Waals surface area contributed by atoms with E-state index in [1.54, 1.807) is 6.07 Å². The van der Waals surface area contributed by atoms with Crippen molar-refractivity contribution < 1.29 is 18.0 Å². The monoisotopic (exact) mass is 458 g/mol. The summed E-state index contributed by atoms with van der Waals surface area (Å²) in [5.74, 6) is 0.550. The van der Waals surface area contributed by atoms with Crippen molar-refractivity contribution >= 4 is 17.4 Å². The van der Waals surface area contributed by atoms with Crippen LogP contribution >= 0.6 is 0 Å². The van der Waals surface area contributed by atoms with Gasteiger partial charge in [0.25, 0.3) is 0 Å². The number of carbonyl (C=O) groups excluding carboxylic acids is 1. The maximum absolute atomic E-state index is 13.0. The molecule has 0 saturated carbocycles.